The number of halogens is 2. The van der Waals surface area contributed by atoms with Crippen molar-refractivity contribution in [2.45, 2.75) is 0 Å². The van der Waals surface area contributed by atoms with Crippen LogP contribution in [-0.2, 0) is 0 Å². The highest BCUT2D eigenvalue weighted by atomic mass is 127. The van der Waals surface area contributed by atoms with Crippen molar-refractivity contribution in [1.29, 1.82) is 0 Å². The largest absolute Gasteiger partial charge is 0.421 e. The van der Waals surface area contributed by atoms with Crippen LogP contribution in [0.5, 0.6) is 5.75 Å². The van der Waals surface area contributed by atoms with E-state index in [0.717, 1.165) is 8.96 Å². The molecule has 1 aromatic heterocycles. The first-order valence-electron chi connectivity index (χ1n) is 6.17. The molecule has 0 aliphatic carbocycles. The van der Waals surface area contributed by atoms with Gasteiger partial charge in [-0.05, 0) is 59.0 Å². The molecule has 0 aliphatic rings. The summed E-state index contributed by atoms with van der Waals surface area (Å²) in [4.78, 5) is 16.5. The minimum Gasteiger partial charge on any atom is -0.421 e. The average Bonchev–Trinajstić information content (AvgIpc) is 2.51. The lowest BCUT2D eigenvalue weighted by Gasteiger charge is -2.09. The zero-order chi connectivity index (χ0) is 14.8. The second-order valence-corrected chi connectivity index (χ2v) is 5.88. The van der Waals surface area contributed by atoms with E-state index in [-0.39, 0.29) is 0 Å². The zero-order valence-electron chi connectivity index (χ0n) is 10.7. The predicted molar refractivity (Wildman–Crippen MR) is 90.9 cm³/mol. The Balaban J connectivity index is 2.01. The fraction of sp³-hybridized carbons (Fsp3) is 0. The average molecular weight is 410 g/mol. The van der Waals surface area contributed by atoms with E-state index in [1.807, 2.05) is 18.2 Å². The first-order valence-corrected chi connectivity index (χ1v) is 7.62. The lowest BCUT2D eigenvalue weighted by molar-refractivity contribution is 0.0735. The van der Waals surface area contributed by atoms with E-state index in [1.54, 1.807) is 36.5 Å². The number of ether oxygens (including phenoxy) is 1. The molecule has 0 aliphatic heterocycles. The maximum atomic E-state index is 12.3. The lowest BCUT2D eigenvalue weighted by Crippen LogP contribution is -2.10. The van der Waals surface area contributed by atoms with E-state index in [1.165, 1.54) is 0 Å². The number of hydrogen-bond acceptors (Lipinski definition) is 3. The Morgan fingerprint density at radius 1 is 1.10 bits per heavy atom. The van der Waals surface area contributed by atoms with Gasteiger partial charge in [0.1, 0.15) is 5.52 Å². The first kappa shape index (κ1) is 14.3. The monoisotopic (exact) mass is 409 g/mol. The summed E-state index contributed by atoms with van der Waals surface area (Å²) in [7, 11) is 0. The highest BCUT2D eigenvalue weighted by molar-refractivity contribution is 14.1. The summed E-state index contributed by atoms with van der Waals surface area (Å²) in [6.45, 7) is 0. The van der Waals surface area contributed by atoms with Crippen molar-refractivity contribution >= 4 is 51.1 Å². The SMILES string of the molecule is O=C(Oc1ccc(Cl)c2cccnc12)c1ccccc1I. The Morgan fingerprint density at radius 3 is 2.71 bits per heavy atom. The van der Waals surface area contributed by atoms with Gasteiger partial charge in [-0.3, -0.25) is 4.98 Å². The molecule has 0 radical (unpaired) electrons. The topological polar surface area (TPSA) is 39.2 Å². The number of benzene rings is 2. The number of hydrogen-bond donors (Lipinski definition) is 0. The van der Waals surface area contributed by atoms with Gasteiger partial charge in [-0.1, -0.05) is 23.7 Å². The van der Waals surface area contributed by atoms with Crippen LogP contribution in [0.3, 0.4) is 0 Å². The molecule has 104 valence electrons. The summed E-state index contributed by atoms with van der Waals surface area (Å²) in [6, 6.07) is 14.3. The van der Waals surface area contributed by atoms with Crippen molar-refractivity contribution in [3.63, 3.8) is 0 Å². The highest BCUT2D eigenvalue weighted by Gasteiger charge is 2.14. The van der Waals surface area contributed by atoms with Crippen molar-refractivity contribution in [3.05, 3.63) is 68.9 Å². The van der Waals surface area contributed by atoms with Crippen LogP contribution in [-0.4, -0.2) is 11.0 Å². The molecule has 3 rings (SSSR count). The smallest absolute Gasteiger partial charge is 0.344 e. The molecule has 2 aromatic carbocycles. The van der Waals surface area contributed by atoms with Crippen molar-refractivity contribution in [2.75, 3.05) is 0 Å². The molecule has 0 bridgehead atoms. The van der Waals surface area contributed by atoms with Gasteiger partial charge in [-0.15, -0.1) is 0 Å². The van der Waals surface area contributed by atoms with Crippen molar-refractivity contribution in [2.24, 2.45) is 0 Å². The maximum absolute atomic E-state index is 12.3. The fourth-order valence-electron chi connectivity index (χ4n) is 1.98. The van der Waals surface area contributed by atoms with E-state index in [0.29, 0.717) is 21.9 Å². The fourth-order valence-corrected chi connectivity index (χ4v) is 2.80. The van der Waals surface area contributed by atoms with Crippen LogP contribution >= 0.6 is 34.2 Å². The van der Waals surface area contributed by atoms with Gasteiger partial charge >= 0.3 is 5.97 Å². The standard InChI is InChI=1S/C16H9ClINO2/c17-12-7-8-14(15-10(12)5-3-9-19-15)21-16(20)11-4-1-2-6-13(11)18/h1-9H. The first-order chi connectivity index (χ1) is 10.2. The maximum Gasteiger partial charge on any atom is 0.344 e. The molecule has 0 saturated heterocycles. The van der Waals surface area contributed by atoms with Crippen LogP contribution in [0.1, 0.15) is 10.4 Å². The van der Waals surface area contributed by atoms with Gasteiger partial charge in [-0.25, -0.2) is 4.79 Å². The summed E-state index contributed by atoms with van der Waals surface area (Å²) in [5, 5.41) is 1.33. The molecule has 0 saturated carbocycles. The van der Waals surface area contributed by atoms with Gasteiger partial charge in [0.2, 0.25) is 0 Å². The van der Waals surface area contributed by atoms with Crippen molar-refractivity contribution in [1.82, 2.24) is 4.98 Å². The zero-order valence-corrected chi connectivity index (χ0v) is 13.6. The summed E-state index contributed by atoms with van der Waals surface area (Å²) >= 11 is 8.23. The number of pyridine rings is 1. The van der Waals surface area contributed by atoms with Crippen molar-refractivity contribution in [3.8, 4) is 5.75 Å². The summed E-state index contributed by atoms with van der Waals surface area (Å²) in [6.07, 6.45) is 1.64. The molecule has 0 N–H and O–H groups in total. The Hall–Kier alpha value is -1.66. The van der Waals surface area contributed by atoms with Crippen LogP contribution in [0.25, 0.3) is 10.9 Å². The van der Waals surface area contributed by atoms with Gasteiger partial charge in [0.15, 0.2) is 5.75 Å². The van der Waals surface area contributed by atoms with E-state index in [4.69, 9.17) is 16.3 Å². The van der Waals surface area contributed by atoms with Crippen molar-refractivity contribution < 1.29 is 9.53 Å². The summed E-state index contributed by atoms with van der Waals surface area (Å²) < 4.78 is 6.32. The van der Waals surface area contributed by atoms with Gasteiger partial charge in [0.25, 0.3) is 0 Å². The normalized spacial score (nSPS) is 10.6. The molecule has 5 heteroatoms. The van der Waals surface area contributed by atoms with E-state index < -0.39 is 5.97 Å². The molecule has 3 aromatic rings. The Bertz CT molecular complexity index is 835. The molecular formula is C16H9ClINO2. The van der Waals surface area contributed by atoms with Crippen LogP contribution in [0, 0.1) is 3.57 Å². The van der Waals surface area contributed by atoms with Crippen LogP contribution in [0.2, 0.25) is 5.02 Å². The van der Waals surface area contributed by atoms with Crippen LogP contribution in [0.15, 0.2) is 54.7 Å². The molecule has 1 heterocycles. The molecule has 0 fully saturated rings. The number of carbonyl (C=O) groups excluding carboxylic acids is 1. The van der Waals surface area contributed by atoms with Gasteiger partial charge < -0.3 is 4.74 Å². The van der Waals surface area contributed by atoms with Crippen LogP contribution < -0.4 is 4.74 Å². The van der Waals surface area contributed by atoms with E-state index in [9.17, 15) is 4.79 Å². The minimum atomic E-state index is -0.408. The van der Waals surface area contributed by atoms with Gasteiger partial charge in [-0.2, -0.15) is 0 Å². The van der Waals surface area contributed by atoms with E-state index in [2.05, 4.69) is 27.6 Å². The Kier molecular flexibility index (Phi) is 4.07. The quantitative estimate of drug-likeness (QED) is 0.349. The molecule has 0 amide bonds. The predicted octanol–water partition coefficient (Wildman–Crippen LogP) is 4.71. The number of aromatic nitrogens is 1. The molecule has 0 atom stereocenters. The number of nitrogens with zero attached hydrogens (tertiary/aromatic N) is 1. The Morgan fingerprint density at radius 2 is 1.90 bits per heavy atom. The number of rotatable bonds is 2. The third kappa shape index (κ3) is 2.87. The third-order valence-corrected chi connectivity index (χ3v) is 4.25. The van der Waals surface area contributed by atoms with E-state index >= 15 is 0 Å². The summed E-state index contributed by atoms with van der Waals surface area (Å²) in [5.41, 5.74) is 1.10. The number of esters is 1. The molecule has 3 nitrogen and oxygen atoms in total. The number of fused-ring (bicyclic) bond motifs is 1. The highest BCUT2D eigenvalue weighted by Crippen LogP contribution is 2.30. The van der Waals surface area contributed by atoms with Gasteiger partial charge in [0.05, 0.1) is 10.6 Å². The summed E-state index contributed by atoms with van der Waals surface area (Å²) in [5.74, 6) is -0.00562. The van der Waals surface area contributed by atoms with Gasteiger partial charge in [0, 0.05) is 15.2 Å². The third-order valence-electron chi connectivity index (χ3n) is 2.98. The lowest BCUT2D eigenvalue weighted by atomic mass is 10.2. The molecule has 21 heavy (non-hydrogen) atoms. The second-order valence-electron chi connectivity index (χ2n) is 4.31. The number of carbonyl (C=O) groups is 1. The Labute approximate surface area is 140 Å². The molecular weight excluding hydrogens is 401 g/mol. The van der Waals surface area contributed by atoms with Crippen LogP contribution in [0.4, 0.5) is 0 Å². The minimum absolute atomic E-state index is 0.402. The second kappa shape index (κ2) is 5.99. The molecule has 0 unspecified atom stereocenters. The molecule has 0 spiro atoms.